The van der Waals surface area contributed by atoms with Gasteiger partial charge in [0.25, 0.3) is 0 Å². The van der Waals surface area contributed by atoms with Crippen molar-refractivity contribution in [2.45, 2.75) is 51.6 Å². The van der Waals surface area contributed by atoms with E-state index in [0.717, 1.165) is 0 Å². The van der Waals surface area contributed by atoms with Crippen LogP contribution in [0.5, 0.6) is 0 Å². The quantitative estimate of drug-likeness (QED) is 0.629. The molecule has 0 amide bonds. The minimum atomic E-state index is -0.612. The van der Waals surface area contributed by atoms with Crippen molar-refractivity contribution in [2.75, 3.05) is 13.7 Å². The highest BCUT2D eigenvalue weighted by Gasteiger charge is 2.49. The lowest BCUT2D eigenvalue weighted by Gasteiger charge is -2.51. The largest absolute Gasteiger partial charge is 0.367 e. The number of hydrogen-bond donors (Lipinski definition) is 0. The first-order valence-corrected chi connectivity index (χ1v) is 4.62. The molecule has 78 valence electrons. The summed E-state index contributed by atoms with van der Waals surface area (Å²) in [6.07, 6.45) is 0. The maximum Gasteiger partial charge on any atom is 0.189 e. The molecule has 1 heterocycles. The third kappa shape index (κ3) is 1.87. The Kier molecular flexibility index (Phi) is 2.48. The van der Waals surface area contributed by atoms with Crippen molar-refractivity contribution in [1.82, 2.24) is 0 Å². The second kappa shape index (κ2) is 2.94. The first kappa shape index (κ1) is 11.0. The summed E-state index contributed by atoms with van der Waals surface area (Å²) in [5, 5.41) is 0. The van der Waals surface area contributed by atoms with Crippen LogP contribution in [-0.2, 0) is 14.2 Å². The van der Waals surface area contributed by atoms with Crippen LogP contribution in [0, 0.1) is 0 Å². The maximum atomic E-state index is 5.88. The van der Waals surface area contributed by atoms with Crippen LogP contribution >= 0.6 is 0 Å². The minimum Gasteiger partial charge on any atom is -0.367 e. The molecule has 0 bridgehead atoms. The Morgan fingerprint density at radius 3 is 1.92 bits per heavy atom. The molecule has 0 spiro atoms. The molecule has 13 heavy (non-hydrogen) atoms. The number of ether oxygens (including phenoxy) is 3. The summed E-state index contributed by atoms with van der Waals surface area (Å²) in [6, 6.07) is 0. The van der Waals surface area contributed by atoms with E-state index in [2.05, 4.69) is 0 Å². The SMILES string of the molecule is COC1(C)COC(C)(C)C(C)(C)O1. The van der Waals surface area contributed by atoms with Crippen molar-refractivity contribution in [2.24, 2.45) is 0 Å². The lowest BCUT2D eigenvalue weighted by molar-refractivity contribution is -0.368. The summed E-state index contributed by atoms with van der Waals surface area (Å²) >= 11 is 0. The fourth-order valence-corrected chi connectivity index (χ4v) is 1.28. The Morgan fingerprint density at radius 1 is 1.00 bits per heavy atom. The van der Waals surface area contributed by atoms with Gasteiger partial charge >= 0.3 is 0 Å². The third-order valence-electron chi connectivity index (χ3n) is 3.05. The fraction of sp³-hybridized carbons (Fsp3) is 1.00. The standard InChI is InChI=1S/C10H20O3/c1-8(2)9(3,4)13-10(5,11-6)7-12-8/h7H2,1-6H3. The molecule has 0 aliphatic carbocycles. The Balaban J connectivity index is 2.82. The van der Waals surface area contributed by atoms with Crippen LogP contribution in [0.25, 0.3) is 0 Å². The summed E-state index contributed by atoms with van der Waals surface area (Å²) < 4.78 is 16.9. The van der Waals surface area contributed by atoms with E-state index in [9.17, 15) is 0 Å². The van der Waals surface area contributed by atoms with Crippen LogP contribution in [0.2, 0.25) is 0 Å². The van der Waals surface area contributed by atoms with Crippen LogP contribution in [-0.4, -0.2) is 30.7 Å². The van der Waals surface area contributed by atoms with Crippen molar-refractivity contribution in [3.05, 3.63) is 0 Å². The maximum absolute atomic E-state index is 5.88. The molecule has 1 rings (SSSR count). The van der Waals surface area contributed by atoms with E-state index in [0.29, 0.717) is 6.61 Å². The van der Waals surface area contributed by atoms with Gasteiger partial charge in [0, 0.05) is 7.11 Å². The summed E-state index contributed by atoms with van der Waals surface area (Å²) in [6.45, 7) is 10.5. The van der Waals surface area contributed by atoms with E-state index < -0.39 is 5.79 Å². The van der Waals surface area contributed by atoms with Crippen molar-refractivity contribution < 1.29 is 14.2 Å². The van der Waals surface area contributed by atoms with Gasteiger partial charge in [0.1, 0.15) is 6.61 Å². The molecule has 0 radical (unpaired) electrons. The molecule has 1 atom stereocenters. The van der Waals surface area contributed by atoms with E-state index in [1.54, 1.807) is 7.11 Å². The molecule has 1 saturated heterocycles. The smallest absolute Gasteiger partial charge is 0.189 e. The van der Waals surface area contributed by atoms with E-state index in [1.165, 1.54) is 0 Å². The number of rotatable bonds is 1. The Morgan fingerprint density at radius 2 is 1.54 bits per heavy atom. The Bertz CT molecular complexity index is 198. The highest BCUT2D eigenvalue weighted by molar-refractivity contribution is 4.94. The minimum absolute atomic E-state index is 0.273. The van der Waals surface area contributed by atoms with Gasteiger partial charge in [-0.25, -0.2) is 0 Å². The molecule has 0 aromatic heterocycles. The average molecular weight is 188 g/mol. The molecule has 3 heteroatoms. The number of methoxy groups -OCH3 is 1. The van der Waals surface area contributed by atoms with Crippen LogP contribution in [0.15, 0.2) is 0 Å². The average Bonchev–Trinajstić information content (AvgIpc) is 1.98. The van der Waals surface area contributed by atoms with Crippen LogP contribution < -0.4 is 0 Å². The van der Waals surface area contributed by atoms with Crippen LogP contribution in [0.3, 0.4) is 0 Å². The van der Waals surface area contributed by atoms with Gasteiger partial charge in [-0.1, -0.05) is 0 Å². The highest BCUT2D eigenvalue weighted by atomic mass is 16.7. The van der Waals surface area contributed by atoms with Crippen molar-refractivity contribution >= 4 is 0 Å². The zero-order valence-corrected chi connectivity index (χ0v) is 9.43. The van der Waals surface area contributed by atoms with Crippen molar-refractivity contribution in [3.8, 4) is 0 Å². The summed E-state index contributed by atoms with van der Waals surface area (Å²) in [4.78, 5) is 0. The molecule has 1 aliphatic heterocycles. The normalized spacial score (nSPS) is 37.4. The van der Waals surface area contributed by atoms with Gasteiger partial charge in [-0.2, -0.15) is 0 Å². The zero-order valence-electron chi connectivity index (χ0n) is 9.43. The Hall–Kier alpha value is -0.120. The topological polar surface area (TPSA) is 27.7 Å². The molecule has 0 aromatic carbocycles. The van der Waals surface area contributed by atoms with Gasteiger partial charge in [-0.15, -0.1) is 0 Å². The lowest BCUT2D eigenvalue weighted by atomic mass is 9.87. The van der Waals surface area contributed by atoms with E-state index in [4.69, 9.17) is 14.2 Å². The van der Waals surface area contributed by atoms with Crippen LogP contribution in [0.4, 0.5) is 0 Å². The summed E-state index contributed by atoms with van der Waals surface area (Å²) in [5.41, 5.74) is -0.610. The molecule has 0 aromatic rings. The van der Waals surface area contributed by atoms with Gasteiger partial charge in [-0.05, 0) is 34.6 Å². The number of hydrogen-bond acceptors (Lipinski definition) is 3. The van der Waals surface area contributed by atoms with Gasteiger partial charge in [0.2, 0.25) is 0 Å². The Labute approximate surface area is 80.4 Å². The molecular formula is C10H20O3. The molecule has 0 N–H and O–H groups in total. The van der Waals surface area contributed by atoms with E-state index in [-0.39, 0.29) is 11.2 Å². The molecule has 1 unspecified atom stereocenters. The molecule has 0 saturated carbocycles. The highest BCUT2D eigenvalue weighted by Crippen LogP contribution is 2.38. The first-order valence-electron chi connectivity index (χ1n) is 4.62. The van der Waals surface area contributed by atoms with E-state index in [1.807, 2.05) is 34.6 Å². The van der Waals surface area contributed by atoms with Gasteiger partial charge in [-0.3, -0.25) is 0 Å². The van der Waals surface area contributed by atoms with Gasteiger partial charge in [0.15, 0.2) is 5.79 Å². The van der Waals surface area contributed by atoms with Gasteiger partial charge in [0.05, 0.1) is 11.2 Å². The van der Waals surface area contributed by atoms with E-state index >= 15 is 0 Å². The summed E-state index contributed by atoms with van der Waals surface area (Å²) in [5.74, 6) is -0.612. The monoisotopic (exact) mass is 188 g/mol. The predicted molar refractivity (Wildman–Crippen MR) is 50.6 cm³/mol. The van der Waals surface area contributed by atoms with Crippen LogP contribution in [0.1, 0.15) is 34.6 Å². The fourth-order valence-electron chi connectivity index (χ4n) is 1.28. The third-order valence-corrected chi connectivity index (χ3v) is 3.05. The molecule has 1 aliphatic rings. The predicted octanol–water partition coefficient (Wildman–Crippen LogP) is 1.95. The van der Waals surface area contributed by atoms with Crippen molar-refractivity contribution in [1.29, 1.82) is 0 Å². The van der Waals surface area contributed by atoms with Crippen molar-refractivity contribution in [3.63, 3.8) is 0 Å². The molecule has 3 nitrogen and oxygen atoms in total. The first-order chi connectivity index (χ1) is 5.72. The second-order valence-corrected chi connectivity index (χ2v) is 4.75. The summed E-state index contributed by atoms with van der Waals surface area (Å²) in [7, 11) is 1.64. The molecule has 1 fully saturated rings. The second-order valence-electron chi connectivity index (χ2n) is 4.75. The van der Waals surface area contributed by atoms with Gasteiger partial charge < -0.3 is 14.2 Å². The molecular weight excluding hydrogens is 168 g/mol. The lowest BCUT2D eigenvalue weighted by Crippen LogP contribution is -2.61. The zero-order chi connectivity index (χ0) is 10.3.